The lowest BCUT2D eigenvalue weighted by Gasteiger charge is -2.21. The highest BCUT2D eigenvalue weighted by atomic mass is 16.4. The van der Waals surface area contributed by atoms with Crippen molar-refractivity contribution in [3.05, 3.63) is 35.9 Å². The molecule has 1 rings (SSSR count). The topological polar surface area (TPSA) is 57.6 Å². The largest absolute Gasteiger partial charge is 0.481 e. The van der Waals surface area contributed by atoms with E-state index in [1.165, 1.54) is 0 Å². The third kappa shape index (κ3) is 4.30. The lowest BCUT2D eigenvalue weighted by atomic mass is 10.1. The standard InChI is InChI=1S/C14H19NO3/c1-3-15(9-11(2)14(17)18)10-13(16)12-7-5-4-6-8-12/h4-8,11H,3,9-10H2,1-2H3,(H,17,18). The minimum Gasteiger partial charge on any atom is -0.481 e. The van der Waals surface area contributed by atoms with Crippen LogP contribution >= 0.6 is 0 Å². The lowest BCUT2D eigenvalue weighted by Crippen LogP contribution is -2.35. The Bertz CT molecular complexity index is 403. The molecule has 0 bridgehead atoms. The molecule has 0 aliphatic rings. The summed E-state index contributed by atoms with van der Waals surface area (Å²) in [6.45, 7) is 4.89. The number of nitrogens with zero attached hydrogens (tertiary/aromatic N) is 1. The van der Waals surface area contributed by atoms with Crippen LogP contribution < -0.4 is 0 Å². The second-order valence-corrected chi connectivity index (χ2v) is 4.36. The fraction of sp³-hybridized carbons (Fsp3) is 0.429. The molecule has 1 N–H and O–H groups in total. The van der Waals surface area contributed by atoms with Crippen molar-refractivity contribution in [1.29, 1.82) is 0 Å². The van der Waals surface area contributed by atoms with Gasteiger partial charge in [0.15, 0.2) is 5.78 Å². The summed E-state index contributed by atoms with van der Waals surface area (Å²) in [5.41, 5.74) is 0.666. The van der Waals surface area contributed by atoms with E-state index in [4.69, 9.17) is 5.11 Å². The van der Waals surface area contributed by atoms with Crippen molar-refractivity contribution in [2.75, 3.05) is 19.6 Å². The number of carboxylic acids is 1. The van der Waals surface area contributed by atoms with E-state index < -0.39 is 11.9 Å². The molecule has 0 aliphatic carbocycles. The van der Waals surface area contributed by atoms with Crippen LogP contribution in [0.1, 0.15) is 24.2 Å². The number of carbonyl (C=O) groups excluding carboxylic acids is 1. The maximum atomic E-state index is 12.0. The summed E-state index contributed by atoms with van der Waals surface area (Å²) in [7, 11) is 0. The summed E-state index contributed by atoms with van der Waals surface area (Å²) in [4.78, 5) is 24.6. The molecular weight excluding hydrogens is 230 g/mol. The molecule has 0 fully saturated rings. The fourth-order valence-corrected chi connectivity index (χ4v) is 1.69. The first-order valence-electron chi connectivity index (χ1n) is 6.08. The van der Waals surface area contributed by atoms with Crippen molar-refractivity contribution in [3.63, 3.8) is 0 Å². The van der Waals surface area contributed by atoms with E-state index in [-0.39, 0.29) is 12.3 Å². The van der Waals surface area contributed by atoms with Crippen LogP contribution in [0.3, 0.4) is 0 Å². The van der Waals surface area contributed by atoms with Gasteiger partial charge in [0.25, 0.3) is 0 Å². The number of benzene rings is 1. The van der Waals surface area contributed by atoms with Crippen molar-refractivity contribution in [1.82, 2.24) is 4.90 Å². The molecule has 1 aromatic carbocycles. The summed E-state index contributed by atoms with van der Waals surface area (Å²) in [5.74, 6) is -1.27. The van der Waals surface area contributed by atoms with E-state index in [2.05, 4.69) is 0 Å². The van der Waals surface area contributed by atoms with Crippen LogP contribution in [-0.4, -0.2) is 41.4 Å². The zero-order valence-electron chi connectivity index (χ0n) is 10.8. The molecule has 98 valence electrons. The van der Waals surface area contributed by atoms with Gasteiger partial charge in [-0.1, -0.05) is 44.2 Å². The summed E-state index contributed by atoms with van der Waals surface area (Å²) in [6.07, 6.45) is 0. The van der Waals surface area contributed by atoms with Gasteiger partial charge in [-0.3, -0.25) is 14.5 Å². The number of carbonyl (C=O) groups is 2. The summed E-state index contributed by atoms with van der Waals surface area (Å²) in [5, 5.41) is 8.87. The number of ketones is 1. The van der Waals surface area contributed by atoms with Gasteiger partial charge in [0, 0.05) is 12.1 Å². The van der Waals surface area contributed by atoms with Gasteiger partial charge < -0.3 is 5.11 Å². The summed E-state index contributed by atoms with van der Waals surface area (Å²) >= 11 is 0. The highest BCUT2D eigenvalue weighted by Crippen LogP contribution is 2.05. The van der Waals surface area contributed by atoms with Gasteiger partial charge >= 0.3 is 5.97 Å². The highest BCUT2D eigenvalue weighted by Gasteiger charge is 2.17. The van der Waals surface area contributed by atoms with Gasteiger partial charge in [0.1, 0.15) is 0 Å². The molecule has 4 nitrogen and oxygen atoms in total. The molecule has 0 aromatic heterocycles. The SMILES string of the molecule is CCN(CC(=O)c1ccccc1)CC(C)C(=O)O. The maximum Gasteiger partial charge on any atom is 0.307 e. The number of hydrogen-bond acceptors (Lipinski definition) is 3. The second kappa shape index (κ2) is 6.91. The van der Waals surface area contributed by atoms with Gasteiger partial charge in [0.2, 0.25) is 0 Å². The number of likely N-dealkylation sites (N-methyl/N-ethyl adjacent to an activating group) is 1. The zero-order chi connectivity index (χ0) is 13.5. The summed E-state index contributed by atoms with van der Waals surface area (Å²) < 4.78 is 0. The normalized spacial score (nSPS) is 12.4. The first kappa shape index (κ1) is 14.4. The lowest BCUT2D eigenvalue weighted by molar-refractivity contribution is -0.141. The van der Waals surface area contributed by atoms with E-state index in [0.29, 0.717) is 18.7 Å². The molecule has 1 unspecified atom stereocenters. The predicted octanol–water partition coefficient (Wildman–Crippen LogP) is 1.91. The van der Waals surface area contributed by atoms with Gasteiger partial charge in [0.05, 0.1) is 12.5 Å². The first-order valence-corrected chi connectivity index (χ1v) is 6.08. The Labute approximate surface area is 107 Å². The molecule has 0 radical (unpaired) electrons. The third-order valence-corrected chi connectivity index (χ3v) is 2.86. The zero-order valence-corrected chi connectivity index (χ0v) is 10.8. The highest BCUT2D eigenvalue weighted by molar-refractivity contribution is 5.97. The van der Waals surface area contributed by atoms with Crippen LogP contribution in [0, 0.1) is 5.92 Å². The quantitative estimate of drug-likeness (QED) is 0.750. The minimum absolute atomic E-state index is 0.0232. The molecule has 1 aromatic rings. The monoisotopic (exact) mass is 249 g/mol. The number of hydrogen-bond donors (Lipinski definition) is 1. The number of rotatable bonds is 7. The molecule has 0 heterocycles. The Morgan fingerprint density at radius 1 is 1.28 bits per heavy atom. The van der Waals surface area contributed by atoms with Crippen molar-refractivity contribution < 1.29 is 14.7 Å². The molecule has 0 amide bonds. The first-order chi connectivity index (χ1) is 8.54. The minimum atomic E-state index is -0.833. The number of Topliss-reactive ketones (excluding diaryl/α,β-unsaturated/α-hetero) is 1. The van der Waals surface area contributed by atoms with Gasteiger partial charge in [-0.25, -0.2) is 0 Å². The number of aliphatic carboxylic acids is 1. The Hall–Kier alpha value is -1.68. The average Bonchev–Trinajstić information content (AvgIpc) is 2.38. The maximum absolute atomic E-state index is 12.0. The van der Waals surface area contributed by atoms with Crippen LogP contribution in [0.5, 0.6) is 0 Å². The Kier molecular flexibility index (Phi) is 5.52. The summed E-state index contributed by atoms with van der Waals surface area (Å²) in [6, 6.07) is 9.06. The molecule has 0 aliphatic heterocycles. The van der Waals surface area contributed by atoms with Crippen molar-refractivity contribution in [3.8, 4) is 0 Å². The van der Waals surface area contributed by atoms with E-state index in [1.807, 2.05) is 30.0 Å². The van der Waals surface area contributed by atoms with Crippen LogP contribution in [-0.2, 0) is 4.79 Å². The van der Waals surface area contributed by atoms with E-state index in [1.54, 1.807) is 19.1 Å². The van der Waals surface area contributed by atoms with Crippen LogP contribution in [0.4, 0.5) is 0 Å². The molecule has 0 saturated heterocycles. The smallest absolute Gasteiger partial charge is 0.307 e. The van der Waals surface area contributed by atoms with Crippen molar-refractivity contribution in [2.45, 2.75) is 13.8 Å². The van der Waals surface area contributed by atoms with E-state index in [9.17, 15) is 9.59 Å². The Balaban J connectivity index is 2.58. The van der Waals surface area contributed by atoms with Crippen molar-refractivity contribution in [2.24, 2.45) is 5.92 Å². The van der Waals surface area contributed by atoms with Crippen molar-refractivity contribution >= 4 is 11.8 Å². The second-order valence-electron chi connectivity index (χ2n) is 4.36. The average molecular weight is 249 g/mol. The molecule has 1 atom stereocenters. The Morgan fingerprint density at radius 2 is 1.89 bits per heavy atom. The number of carboxylic acid groups (broad SMARTS) is 1. The molecular formula is C14H19NO3. The molecule has 0 saturated carbocycles. The molecule has 4 heteroatoms. The van der Waals surface area contributed by atoms with Crippen LogP contribution in [0.25, 0.3) is 0 Å². The van der Waals surface area contributed by atoms with Crippen LogP contribution in [0.15, 0.2) is 30.3 Å². The van der Waals surface area contributed by atoms with Gasteiger partial charge in [-0.15, -0.1) is 0 Å². The van der Waals surface area contributed by atoms with Crippen LogP contribution in [0.2, 0.25) is 0 Å². The van der Waals surface area contributed by atoms with Gasteiger partial charge in [-0.05, 0) is 6.54 Å². The van der Waals surface area contributed by atoms with E-state index in [0.717, 1.165) is 0 Å². The predicted molar refractivity (Wildman–Crippen MR) is 69.7 cm³/mol. The van der Waals surface area contributed by atoms with E-state index >= 15 is 0 Å². The molecule has 0 spiro atoms. The molecule has 18 heavy (non-hydrogen) atoms. The van der Waals surface area contributed by atoms with Gasteiger partial charge in [-0.2, -0.15) is 0 Å². The Morgan fingerprint density at radius 3 is 2.39 bits per heavy atom. The fourth-order valence-electron chi connectivity index (χ4n) is 1.69. The third-order valence-electron chi connectivity index (χ3n) is 2.86.